The van der Waals surface area contributed by atoms with Crippen molar-refractivity contribution >= 4 is 33.2 Å². The lowest BCUT2D eigenvalue weighted by molar-refractivity contribution is -0.117. The largest absolute Gasteiger partial charge is 0.492 e. The summed E-state index contributed by atoms with van der Waals surface area (Å²) >= 11 is 6.04. The van der Waals surface area contributed by atoms with E-state index in [1.807, 2.05) is 19.1 Å². The van der Waals surface area contributed by atoms with Gasteiger partial charge in [0.05, 0.1) is 22.6 Å². The Kier molecular flexibility index (Phi) is 6.63. The van der Waals surface area contributed by atoms with Gasteiger partial charge in [0, 0.05) is 5.69 Å². The molecular weight excluding hydrogens is 376 g/mol. The summed E-state index contributed by atoms with van der Waals surface area (Å²) in [6.45, 7) is 5.62. The van der Waals surface area contributed by atoms with Gasteiger partial charge in [0.1, 0.15) is 5.75 Å². The van der Waals surface area contributed by atoms with Crippen molar-refractivity contribution in [2.75, 3.05) is 11.9 Å². The molecule has 0 aliphatic rings. The minimum absolute atomic E-state index is 0.0408. The molecule has 2 aromatic carbocycles. The molecule has 0 fully saturated rings. The molecule has 1 atom stereocenters. The Hall–Kier alpha value is -2.09. The Balaban J connectivity index is 2.08. The van der Waals surface area contributed by atoms with Crippen molar-refractivity contribution in [1.82, 2.24) is 4.72 Å². The summed E-state index contributed by atoms with van der Waals surface area (Å²) in [6, 6.07) is 10.4. The summed E-state index contributed by atoms with van der Waals surface area (Å²) < 4.78 is 32.6. The van der Waals surface area contributed by atoms with Crippen LogP contribution in [0.25, 0.3) is 0 Å². The summed E-state index contributed by atoms with van der Waals surface area (Å²) in [7, 11) is -3.91. The Morgan fingerprint density at radius 2 is 1.85 bits per heavy atom. The number of sulfonamides is 1. The van der Waals surface area contributed by atoms with Crippen LogP contribution in [0.1, 0.15) is 19.4 Å². The van der Waals surface area contributed by atoms with Gasteiger partial charge in [-0.2, -0.15) is 4.72 Å². The van der Waals surface area contributed by atoms with Crippen molar-refractivity contribution in [2.45, 2.75) is 31.7 Å². The second-order valence-corrected chi connectivity index (χ2v) is 7.84. The van der Waals surface area contributed by atoms with Gasteiger partial charge in [-0.25, -0.2) is 8.42 Å². The maximum atomic E-state index is 12.5. The van der Waals surface area contributed by atoms with Crippen LogP contribution in [0.2, 0.25) is 5.02 Å². The van der Waals surface area contributed by atoms with Crippen LogP contribution in [0.3, 0.4) is 0 Å². The van der Waals surface area contributed by atoms with Crippen molar-refractivity contribution in [3.05, 3.63) is 53.1 Å². The lowest BCUT2D eigenvalue weighted by Crippen LogP contribution is -2.41. The smallest absolute Gasteiger partial charge is 0.242 e. The molecule has 140 valence electrons. The first-order valence-electron chi connectivity index (χ1n) is 8.05. The van der Waals surface area contributed by atoms with Crippen LogP contribution in [0.5, 0.6) is 5.75 Å². The number of carbonyl (C=O) groups excluding carboxylic acids is 1. The molecule has 1 amide bonds. The van der Waals surface area contributed by atoms with Crippen LogP contribution in [-0.4, -0.2) is 27.0 Å². The number of carbonyl (C=O) groups is 1. The predicted octanol–water partition coefficient (Wildman–Crippen LogP) is 3.35. The lowest BCUT2D eigenvalue weighted by atomic mass is 10.2. The standard InChI is InChI=1S/C18H21ClN2O4S/c1-4-25-17-10-9-15(11-16(17)19)26(23,24)21-13(3)18(22)20-14-7-5-12(2)6-8-14/h5-11,13,21H,4H2,1-3H3,(H,20,22)/t13-/m1/s1. The third-order valence-corrected chi connectivity index (χ3v) is 5.39. The van der Waals surface area contributed by atoms with E-state index in [9.17, 15) is 13.2 Å². The Morgan fingerprint density at radius 1 is 1.19 bits per heavy atom. The van der Waals surface area contributed by atoms with E-state index in [0.29, 0.717) is 18.0 Å². The van der Waals surface area contributed by atoms with Crippen molar-refractivity contribution in [3.63, 3.8) is 0 Å². The number of halogens is 1. The third-order valence-electron chi connectivity index (χ3n) is 3.56. The quantitative estimate of drug-likeness (QED) is 0.751. The molecule has 6 nitrogen and oxygen atoms in total. The molecule has 0 radical (unpaired) electrons. The molecule has 0 saturated heterocycles. The molecule has 26 heavy (non-hydrogen) atoms. The van der Waals surface area contributed by atoms with Crippen LogP contribution in [0, 0.1) is 6.92 Å². The average molecular weight is 397 g/mol. The van der Waals surface area contributed by atoms with E-state index in [1.165, 1.54) is 25.1 Å². The highest BCUT2D eigenvalue weighted by Crippen LogP contribution is 2.27. The van der Waals surface area contributed by atoms with E-state index in [0.717, 1.165) is 5.56 Å². The monoisotopic (exact) mass is 396 g/mol. The third kappa shape index (κ3) is 5.20. The maximum Gasteiger partial charge on any atom is 0.242 e. The van der Waals surface area contributed by atoms with Gasteiger partial charge in [-0.15, -0.1) is 0 Å². The number of rotatable bonds is 7. The first kappa shape index (κ1) is 20.2. The molecule has 2 N–H and O–H groups in total. The average Bonchev–Trinajstić information content (AvgIpc) is 2.58. The molecule has 0 aliphatic carbocycles. The first-order valence-corrected chi connectivity index (χ1v) is 9.91. The zero-order valence-electron chi connectivity index (χ0n) is 14.7. The summed E-state index contributed by atoms with van der Waals surface area (Å²) in [5.74, 6) is -0.0623. The molecular formula is C18H21ClN2O4S. The van der Waals surface area contributed by atoms with Gasteiger partial charge < -0.3 is 10.1 Å². The summed E-state index contributed by atoms with van der Waals surface area (Å²) in [4.78, 5) is 12.2. The minimum atomic E-state index is -3.91. The molecule has 0 bridgehead atoms. The van der Waals surface area contributed by atoms with Gasteiger partial charge in [0.15, 0.2) is 0 Å². The highest BCUT2D eigenvalue weighted by Gasteiger charge is 2.23. The van der Waals surface area contributed by atoms with Gasteiger partial charge in [0.25, 0.3) is 0 Å². The summed E-state index contributed by atoms with van der Waals surface area (Å²) in [5, 5.41) is 2.85. The van der Waals surface area contributed by atoms with Crippen LogP contribution < -0.4 is 14.8 Å². The Labute approximate surface area is 158 Å². The van der Waals surface area contributed by atoms with Crippen molar-refractivity contribution in [1.29, 1.82) is 0 Å². The van der Waals surface area contributed by atoms with Crippen molar-refractivity contribution < 1.29 is 17.9 Å². The highest BCUT2D eigenvalue weighted by molar-refractivity contribution is 7.89. The molecule has 0 unspecified atom stereocenters. The molecule has 0 heterocycles. The van der Waals surface area contributed by atoms with Gasteiger partial charge in [-0.1, -0.05) is 29.3 Å². The van der Waals surface area contributed by atoms with Gasteiger partial charge in [0.2, 0.25) is 15.9 Å². The normalized spacial score (nSPS) is 12.5. The Morgan fingerprint density at radius 3 is 2.42 bits per heavy atom. The SMILES string of the molecule is CCOc1ccc(S(=O)(=O)N[C@H](C)C(=O)Nc2ccc(C)cc2)cc1Cl. The maximum absolute atomic E-state index is 12.5. The number of nitrogens with one attached hydrogen (secondary N) is 2. The second kappa shape index (κ2) is 8.53. The number of anilines is 1. The first-order chi connectivity index (χ1) is 12.2. The van der Waals surface area contributed by atoms with Crippen LogP contribution in [0.15, 0.2) is 47.4 Å². The fourth-order valence-electron chi connectivity index (χ4n) is 2.16. The van der Waals surface area contributed by atoms with Gasteiger partial charge >= 0.3 is 0 Å². The van der Waals surface area contributed by atoms with Crippen molar-refractivity contribution in [2.24, 2.45) is 0 Å². The Bertz CT molecular complexity index is 883. The number of aryl methyl sites for hydroxylation is 1. The van der Waals surface area contributed by atoms with Gasteiger partial charge in [-0.3, -0.25) is 4.79 Å². The molecule has 0 aliphatic heterocycles. The number of hydrogen-bond acceptors (Lipinski definition) is 4. The molecule has 0 spiro atoms. The number of hydrogen-bond donors (Lipinski definition) is 2. The van der Waals surface area contributed by atoms with E-state index < -0.39 is 22.0 Å². The highest BCUT2D eigenvalue weighted by atomic mass is 35.5. The minimum Gasteiger partial charge on any atom is -0.492 e. The van der Waals surface area contributed by atoms with Crippen LogP contribution >= 0.6 is 11.6 Å². The zero-order chi connectivity index (χ0) is 19.3. The fourth-order valence-corrected chi connectivity index (χ4v) is 3.69. The lowest BCUT2D eigenvalue weighted by Gasteiger charge is -2.15. The van der Waals surface area contributed by atoms with E-state index in [2.05, 4.69) is 10.0 Å². The summed E-state index contributed by atoms with van der Waals surface area (Å²) in [6.07, 6.45) is 0. The number of ether oxygens (including phenoxy) is 1. The van der Waals surface area contributed by atoms with E-state index in [1.54, 1.807) is 19.1 Å². The van der Waals surface area contributed by atoms with E-state index in [4.69, 9.17) is 16.3 Å². The van der Waals surface area contributed by atoms with E-state index in [-0.39, 0.29) is 9.92 Å². The van der Waals surface area contributed by atoms with Crippen LogP contribution in [-0.2, 0) is 14.8 Å². The molecule has 2 aromatic rings. The molecule has 2 rings (SSSR count). The number of benzene rings is 2. The molecule has 8 heteroatoms. The topological polar surface area (TPSA) is 84.5 Å². The van der Waals surface area contributed by atoms with Gasteiger partial charge in [-0.05, 0) is 51.1 Å². The molecule has 0 aromatic heterocycles. The second-order valence-electron chi connectivity index (χ2n) is 5.72. The summed E-state index contributed by atoms with van der Waals surface area (Å²) in [5.41, 5.74) is 1.65. The van der Waals surface area contributed by atoms with E-state index >= 15 is 0 Å². The number of amides is 1. The molecule has 0 saturated carbocycles. The zero-order valence-corrected chi connectivity index (χ0v) is 16.3. The predicted molar refractivity (Wildman–Crippen MR) is 102 cm³/mol. The van der Waals surface area contributed by atoms with Crippen molar-refractivity contribution in [3.8, 4) is 5.75 Å². The fraction of sp³-hybridized carbons (Fsp3) is 0.278. The van der Waals surface area contributed by atoms with Crippen LogP contribution in [0.4, 0.5) is 5.69 Å².